The van der Waals surface area contributed by atoms with Gasteiger partial charge in [0.05, 0.1) is 33.4 Å². The van der Waals surface area contributed by atoms with Crippen molar-refractivity contribution in [3.05, 3.63) is 315 Å². The summed E-state index contributed by atoms with van der Waals surface area (Å²) in [5, 5.41) is 0. The van der Waals surface area contributed by atoms with E-state index in [1.807, 2.05) is 121 Å². The molecule has 0 aromatic heterocycles. The van der Waals surface area contributed by atoms with E-state index in [0.717, 1.165) is 83.0 Å². The molecule has 0 bridgehead atoms. The zero-order chi connectivity index (χ0) is 59.4. The first kappa shape index (κ1) is 54.4. The molecule has 1 aliphatic carbocycles. The lowest BCUT2D eigenvalue weighted by Gasteiger charge is -2.35. The Morgan fingerprint density at radius 2 is 0.872 bits per heavy atom. The molecular weight excluding hydrogens is 1070 g/mol. The molecule has 0 unspecified atom stereocenters. The van der Waals surface area contributed by atoms with Gasteiger partial charge in [0.2, 0.25) is 0 Å². The first-order valence-corrected chi connectivity index (χ1v) is 28.4. The lowest BCUT2D eigenvalue weighted by Crippen LogP contribution is -2.32. The van der Waals surface area contributed by atoms with Gasteiger partial charge >= 0.3 is 0 Å². The highest BCUT2D eigenvalue weighted by Crippen LogP contribution is 2.57. The minimum Gasteiger partial charge on any atom is -0.489 e. The maximum Gasteiger partial charge on any atom is 0.266 e. The largest absolute Gasteiger partial charge is 0.489 e. The predicted molar refractivity (Wildman–Crippen MR) is 336 cm³/mol. The molecule has 420 valence electrons. The van der Waals surface area contributed by atoms with Crippen LogP contribution in [0.15, 0.2) is 232 Å². The first-order valence-electron chi connectivity index (χ1n) is 28.4. The molecule has 0 atom stereocenters. The van der Waals surface area contributed by atoms with Gasteiger partial charge in [0.1, 0.15) is 47.7 Å². The number of fused-ring (bicyclic) bond motifs is 5. The van der Waals surface area contributed by atoms with Crippen LogP contribution >= 0.6 is 0 Å². The summed E-state index contributed by atoms with van der Waals surface area (Å²) in [5.74, 6) is 1.42. The van der Waals surface area contributed by atoms with Gasteiger partial charge in [0.15, 0.2) is 0 Å². The molecule has 0 saturated heterocycles. The van der Waals surface area contributed by atoms with Gasteiger partial charge in [-0.05, 0) is 158 Å². The van der Waals surface area contributed by atoms with Crippen molar-refractivity contribution in [2.45, 2.75) is 44.8 Å². The normalized spacial score (nSPS) is 13.7. The summed E-state index contributed by atoms with van der Waals surface area (Å²) in [7, 11) is 1.47. The second-order valence-electron chi connectivity index (χ2n) is 22.4. The van der Waals surface area contributed by atoms with Crippen LogP contribution in [0.2, 0.25) is 0 Å². The molecule has 0 N–H and O–H groups in total. The number of amides is 4. The Morgan fingerprint density at radius 1 is 0.442 bits per heavy atom. The number of ether oxygens (including phenoxy) is 4. The van der Waals surface area contributed by atoms with Crippen molar-refractivity contribution in [1.82, 2.24) is 4.90 Å². The molecule has 4 amide bonds. The van der Waals surface area contributed by atoms with Gasteiger partial charge in [-0.15, -0.1) is 0 Å². The van der Waals surface area contributed by atoms with E-state index in [9.17, 15) is 14.4 Å². The van der Waals surface area contributed by atoms with Crippen LogP contribution < -0.4 is 23.8 Å². The fraction of sp³-hybridized carbons (Fsp3) is 0.105. The molecule has 0 radical (unpaired) electrons. The van der Waals surface area contributed by atoms with E-state index in [2.05, 4.69) is 101 Å². The summed E-state index contributed by atoms with van der Waals surface area (Å²) in [4.78, 5) is 57.5. The van der Waals surface area contributed by atoms with Gasteiger partial charge in [-0.2, -0.15) is 0 Å². The molecule has 2 aliphatic heterocycles. The van der Waals surface area contributed by atoms with Crippen LogP contribution in [0, 0.1) is 6.92 Å². The first-order chi connectivity index (χ1) is 41.7. The quantitative estimate of drug-likeness (QED) is 0.0829. The number of carbonyl (C=O) groups is 4. The van der Waals surface area contributed by atoms with Crippen molar-refractivity contribution in [2.24, 2.45) is 0 Å². The van der Waals surface area contributed by atoms with E-state index in [1.54, 1.807) is 42.5 Å². The molecule has 0 spiro atoms. The van der Waals surface area contributed by atoms with Crippen LogP contribution in [-0.2, 0) is 24.0 Å². The summed E-state index contributed by atoms with van der Waals surface area (Å²) in [5.41, 5.74) is 13.2. The van der Waals surface area contributed by atoms with Crippen molar-refractivity contribution < 1.29 is 38.1 Å². The van der Waals surface area contributed by atoms with E-state index < -0.39 is 22.6 Å². The van der Waals surface area contributed by atoms with Gasteiger partial charge in [-0.1, -0.05) is 179 Å². The summed E-state index contributed by atoms with van der Waals surface area (Å²) < 4.78 is 25.7. The third-order valence-corrected chi connectivity index (χ3v) is 17.0. The third kappa shape index (κ3) is 9.41. The average Bonchev–Trinajstić information content (AvgIpc) is 1.52. The standard InChI is InChI=1S/C76H58N2O8/c1-7-48-17-21-50(22-18-48)45-83-69-39-29-54(41-47(69)3)76(66-15-11-9-13-60(66)61-14-10-12-16-67(61)76)55-30-40-70(84-46-51-23-19-49(8-2)20-24-51)68(42-55)78-73(81)63-38-36-59(44-65(63)74(78)82)86-57-33-27-53(28-34-57)75(4,5)52-25-31-56(32-26-52)85-58-35-37-62-64(43-58)72(80)77(6)71(62)79/h7-44H,1-2,45-46H2,3-6H3. The van der Waals surface area contributed by atoms with Crippen molar-refractivity contribution in [3.63, 3.8) is 0 Å². The number of imide groups is 2. The van der Waals surface area contributed by atoms with Crippen LogP contribution in [0.5, 0.6) is 34.5 Å². The molecular formula is C76H58N2O8. The van der Waals surface area contributed by atoms with E-state index in [-0.39, 0.29) is 29.5 Å². The van der Waals surface area contributed by atoms with Crippen molar-refractivity contribution >= 4 is 41.5 Å². The molecule has 10 aromatic rings. The highest BCUT2D eigenvalue weighted by Gasteiger charge is 2.48. The van der Waals surface area contributed by atoms with E-state index in [0.29, 0.717) is 52.2 Å². The SMILES string of the molecule is C=Cc1ccc(COc2ccc(C3(c4ccc(OCc5ccc(C=C)cc5)c(N5C(=O)c6ccc(Oc7ccc(C(C)(C)c8ccc(Oc9ccc%10c(c9)C(=O)N(C)C%10=O)cc8)cc7)cc6C5=O)c4)c4ccccc4-c4ccccc43)cc2C)cc1. The fourth-order valence-corrected chi connectivity index (χ4v) is 12.2. The topological polar surface area (TPSA) is 112 Å². The number of carbonyl (C=O) groups excluding carboxylic acids is 4. The number of anilines is 1. The van der Waals surface area contributed by atoms with Crippen molar-refractivity contribution in [1.29, 1.82) is 0 Å². The molecule has 10 nitrogen and oxygen atoms in total. The number of rotatable bonds is 17. The monoisotopic (exact) mass is 1130 g/mol. The smallest absolute Gasteiger partial charge is 0.266 e. The summed E-state index contributed by atoms with van der Waals surface area (Å²) in [6.07, 6.45) is 3.61. The maximum atomic E-state index is 15.2. The molecule has 2 heterocycles. The van der Waals surface area contributed by atoms with Gasteiger partial charge in [0, 0.05) is 12.5 Å². The summed E-state index contributed by atoms with van der Waals surface area (Å²) in [6, 6.07) is 70.6. The Bertz CT molecular complexity index is 4360. The molecule has 10 heteroatoms. The number of hydrogen-bond donors (Lipinski definition) is 0. The van der Waals surface area contributed by atoms with Gasteiger partial charge in [-0.3, -0.25) is 24.1 Å². The van der Waals surface area contributed by atoms with E-state index in [1.165, 1.54) is 11.9 Å². The molecule has 0 fully saturated rings. The fourth-order valence-electron chi connectivity index (χ4n) is 12.2. The van der Waals surface area contributed by atoms with Crippen LogP contribution in [0.1, 0.15) is 116 Å². The molecule has 13 rings (SSSR count). The highest BCUT2D eigenvalue weighted by molar-refractivity contribution is 6.35. The van der Waals surface area contributed by atoms with Crippen molar-refractivity contribution in [3.8, 4) is 45.6 Å². The summed E-state index contributed by atoms with van der Waals surface area (Å²) in [6.45, 7) is 14.7. The maximum absolute atomic E-state index is 15.2. The number of aryl methyl sites for hydroxylation is 1. The minimum atomic E-state index is -0.912. The Balaban J connectivity index is 0.806. The van der Waals surface area contributed by atoms with Gasteiger partial charge in [-0.25, -0.2) is 4.90 Å². The Labute approximate surface area is 499 Å². The van der Waals surface area contributed by atoms with Gasteiger partial charge < -0.3 is 18.9 Å². The molecule has 86 heavy (non-hydrogen) atoms. The predicted octanol–water partition coefficient (Wildman–Crippen LogP) is 16.7. The Morgan fingerprint density at radius 3 is 1.38 bits per heavy atom. The number of benzene rings is 10. The minimum absolute atomic E-state index is 0.169. The van der Waals surface area contributed by atoms with E-state index >= 15 is 4.79 Å². The van der Waals surface area contributed by atoms with E-state index in [4.69, 9.17) is 18.9 Å². The summed E-state index contributed by atoms with van der Waals surface area (Å²) >= 11 is 0. The zero-order valence-electron chi connectivity index (χ0n) is 47.9. The lowest BCUT2D eigenvalue weighted by atomic mass is 9.67. The molecule has 0 saturated carbocycles. The third-order valence-electron chi connectivity index (χ3n) is 17.0. The van der Waals surface area contributed by atoms with Crippen LogP contribution in [-0.4, -0.2) is 35.6 Å². The Kier molecular flexibility index (Phi) is 13.7. The number of hydrogen-bond acceptors (Lipinski definition) is 8. The van der Waals surface area contributed by atoms with Crippen LogP contribution in [0.4, 0.5) is 5.69 Å². The Hall–Kier alpha value is -10.8. The lowest BCUT2D eigenvalue weighted by molar-refractivity contribution is 0.0692. The van der Waals surface area contributed by atoms with Crippen molar-refractivity contribution in [2.75, 3.05) is 11.9 Å². The van der Waals surface area contributed by atoms with Crippen LogP contribution in [0.25, 0.3) is 23.3 Å². The zero-order valence-corrected chi connectivity index (χ0v) is 47.9. The van der Waals surface area contributed by atoms with Gasteiger partial charge in [0.25, 0.3) is 23.6 Å². The van der Waals surface area contributed by atoms with Crippen LogP contribution in [0.3, 0.4) is 0 Å². The number of nitrogens with zero attached hydrogens (tertiary/aromatic N) is 2. The highest BCUT2D eigenvalue weighted by atomic mass is 16.5. The second kappa shape index (κ2) is 21.7. The molecule has 3 aliphatic rings. The second-order valence-corrected chi connectivity index (χ2v) is 22.4. The molecule has 10 aromatic carbocycles. The average molecular weight is 1130 g/mol.